The van der Waals surface area contributed by atoms with Crippen molar-refractivity contribution in [1.29, 1.82) is 0 Å². The third-order valence-corrected chi connectivity index (χ3v) is 19.7. The number of anilines is 6. The lowest BCUT2D eigenvalue weighted by molar-refractivity contribution is 0.866. The van der Waals surface area contributed by atoms with Crippen LogP contribution < -0.4 is 46.9 Å². The van der Waals surface area contributed by atoms with Gasteiger partial charge in [0.05, 0.1) is 32.3 Å². The average molecular weight is 751 g/mol. The standard InChI is InChI=1S/C45H59BN2Si4/c1-31(2)32-27-43-45-44(28-32)48(34-17-21-36(22-18-34)50(6,7)8)42-30-38(52(12,13)14)24-26-40(42)46(45)39-25-23-37(51(9,10)11)29-41(39)47(43)33-15-19-35(20-16-33)49(3,4)5/h15-31H,1-14H3. The first kappa shape index (κ1) is 37.0. The Kier molecular flexibility index (Phi) is 8.96. The molecule has 0 aliphatic carbocycles. The van der Waals surface area contributed by atoms with E-state index in [2.05, 4.69) is 199 Å². The van der Waals surface area contributed by atoms with E-state index in [9.17, 15) is 0 Å². The van der Waals surface area contributed by atoms with Crippen LogP contribution in [-0.2, 0) is 0 Å². The molecule has 7 rings (SSSR count). The highest BCUT2D eigenvalue weighted by Crippen LogP contribution is 2.45. The Balaban J connectivity index is 1.59. The van der Waals surface area contributed by atoms with E-state index in [1.165, 1.54) is 76.8 Å². The predicted octanol–water partition coefficient (Wildman–Crippen LogP) is 9.07. The Bertz CT molecular complexity index is 2020. The average Bonchev–Trinajstić information content (AvgIpc) is 3.06. The molecule has 0 aromatic heterocycles. The molecule has 268 valence electrons. The van der Waals surface area contributed by atoms with Crippen LogP contribution in [0.15, 0.2) is 97.1 Å². The largest absolute Gasteiger partial charge is 0.311 e. The van der Waals surface area contributed by atoms with Crippen LogP contribution in [0.1, 0.15) is 25.3 Å². The number of rotatable bonds is 7. The second-order valence-corrected chi connectivity index (χ2v) is 40.2. The van der Waals surface area contributed by atoms with Crippen LogP contribution in [-0.4, -0.2) is 39.0 Å². The highest BCUT2D eigenvalue weighted by molar-refractivity contribution is 7.01. The maximum atomic E-state index is 2.63. The Labute approximate surface area is 319 Å². The third kappa shape index (κ3) is 6.46. The van der Waals surface area contributed by atoms with E-state index in [1.54, 1.807) is 0 Å². The zero-order valence-electron chi connectivity index (χ0n) is 34.3. The van der Waals surface area contributed by atoms with Gasteiger partial charge in [-0.15, -0.1) is 0 Å². The molecule has 0 radical (unpaired) electrons. The van der Waals surface area contributed by atoms with Crippen molar-refractivity contribution in [2.24, 2.45) is 0 Å². The first-order valence-corrected chi connectivity index (χ1v) is 33.4. The monoisotopic (exact) mass is 750 g/mol. The summed E-state index contributed by atoms with van der Waals surface area (Å²) in [5.74, 6) is 0.386. The fourth-order valence-electron chi connectivity index (χ4n) is 8.05. The van der Waals surface area contributed by atoms with E-state index in [0.29, 0.717) is 5.92 Å². The molecule has 5 aromatic carbocycles. The van der Waals surface area contributed by atoms with Crippen LogP contribution in [0.5, 0.6) is 0 Å². The van der Waals surface area contributed by atoms with Gasteiger partial charge in [-0.3, -0.25) is 0 Å². The fourth-order valence-corrected chi connectivity index (χ4v) is 12.7. The first-order valence-electron chi connectivity index (χ1n) is 19.4. The maximum Gasteiger partial charge on any atom is 0.252 e. The minimum Gasteiger partial charge on any atom is -0.311 e. The quantitative estimate of drug-likeness (QED) is 0.150. The molecule has 0 atom stereocenters. The molecule has 2 aliphatic heterocycles. The van der Waals surface area contributed by atoms with Crippen molar-refractivity contribution in [3.05, 3.63) is 103 Å². The van der Waals surface area contributed by atoms with Crippen molar-refractivity contribution in [3.63, 3.8) is 0 Å². The number of benzene rings is 5. The zero-order valence-corrected chi connectivity index (χ0v) is 38.3. The SMILES string of the molecule is CC(C)c1cc2c3c(c1)N(c1ccc([Si](C)(C)C)cc1)c1cc([Si](C)(C)C)ccc1B3c1ccc([Si](C)(C)C)cc1N2c1ccc([Si](C)(C)C)cc1. The van der Waals surface area contributed by atoms with Crippen molar-refractivity contribution < 1.29 is 0 Å². The van der Waals surface area contributed by atoms with Crippen LogP contribution in [0.25, 0.3) is 0 Å². The van der Waals surface area contributed by atoms with Crippen LogP contribution in [0.3, 0.4) is 0 Å². The van der Waals surface area contributed by atoms with Crippen molar-refractivity contribution in [2.45, 2.75) is 98.3 Å². The summed E-state index contributed by atoms with van der Waals surface area (Å²) < 4.78 is 0. The van der Waals surface area contributed by atoms with Crippen molar-refractivity contribution in [2.75, 3.05) is 9.80 Å². The van der Waals surface area contributed by atoms with E-state index >= 15 is 0 Å². The summed E-state index contributed by atoms with van der Waals surface area (Å²) in [6, 6.07) is 39.3. The lowest BCUT2D eigenvalue weighted by Gasteiger charge is -2.45. The molecule has 0 saturated carbocycles. The Morgan fingerprint density at radius 3 is 1.04 bits per heavy atom. The molecule has 52 heavy (non-hydrogen) atoms. The van der Waals surface area contributed by atoms with Gasteiger partial charge in [0.1, 0.15) is 0 Å². The fraction of sp³-hybridized carbons (Fsp3) is 0.333. The topological polar surface area (TPSA) is 6.48 Å². The molecular formula is C45H59BN2Si4. The van der Waals surface area contributed by atoms with Gasteiger partial charge < -0.3 is 9.80 Å². The van der Waals surface area contributed by atoms with Gasteiger partial charge in [-0.05, 0) is 76.4 Å². The van der Waals surface area contributed by atoms with Gasteiger partial charge in [0, 0.05) is 34.1 Å². The van der Waals surface area contributed by atoms with Gasteiger partial charge in [-0.1, -0.05) is 162 Å². The van der Waals surface area contributed by atoms with E-state index in [4.69, 9.17) is 0 Å². The predicted molar refractivity (Wildman–Crippen MR) is 246 cm³/mol. The smallest absolute Gasteiger partial charge is 0.252 e. The molecule has 7 heteroatoms. The lowest BCUT2D eigenvalue weighted by atomic mass is 9.33. The molecule has 0 unspecified atom stereocenters. The van der Waals surface area contributed by atoms with Crippen molar-refractivity contribution in [3.8, 4) is 0 Å². The second kappa shape index (κ2) is 12.6. The molecule has 0 spiro atoms. The van der Waals surface area contributed by atoms with Crippen LogP contribution >= 0.6 is 0 Å². The molecule has 2 heterocycles. The third-order valence-electron chi connectivity index (χ3n) is 11.5. The van der Waals surface area contributed by atoms with Crippen molar-refractivity contribution in [1.82, 2.24) is 0 Å². The van der Waals surface area contributed by atoms with Gasteiger partial charge in [0.15, 0.2) is 0 Å². The summed E-state index contributed by atoms with van der Waals surface area (Å²) in [6.45, 7) is 34.4. The number of nitrogens with zero attached hydrogens (tertiary/aromatic N) is 2. The van der Waals surface area contributed by atoms with Crippen LogP contribution in [0.2, 0.25) is 78.6 Å². The first-order chi connectivity index (χ1) is 24.1. The van der Waals surface area contributed by atoms with Gasteiger partial charge in [-0.25, -0.2) is 0 Å². The minimum absolute atomic E-state index is 0.151. The number of hydrogen-bond acceptors (Lipinski definition) is 2. The number of fused-ring (bicyclic) bond motifs is 4. The molecule has 5 aromatic rings. The minimum atomic E-state index is -1.60. The lowest BCUT2D eigenvalue weighted by Crippen LogP contribution is -2.62. The second-order valence-electron chi connectivity index (χ2n) is 19.9. The molecule has 0 bridgehead atoms. The molecule has 2 aliphatic rings. The molecule has 0 fully saturated rings. The molecule has 2 nitrogen and oxygen atoms in total. The van der Waals surface area contributed by atoms with E-state index in [-0.39, 0.29) is 6.71 Å². The molecule has 0 saturated heterocycles. The van der Waals surface area contributed by atoms with E-state index < -0.39 is 32.3 Å². The van der Waals surface area contributed by atoms with Gasteiger partial charge >= 0.3 is 0 Å². The Morgan fingerprint density at radius 2 is 0.731 bits per heavy atom. The van der Waals surface area contributed by atoms with E-state index in [1.807, 2.05) is 0 Å². The summed E-state index contributed by atoms with van der Waals surface area (Å²) in [4.78, 5) is 5.25. The van der Waals surface area contributed by atoms with Crippen molar-refractivity contribution >= 4 is 110 Å². The molecule has 0 amide bonds. The van der Waals surface area contributed by atoms with Crippen LogP contribution in [0, 0.1) is 0 Å². The molecule has 0 N–H and O–H groups in total. The molecular weight excluding hydrogens is 692 g/mol. The Hall–Kier alpha value is -3.37. The van der Waals surface area contributed by atoms with Gasteiger partial charge in [-0.2, -0.15) is 0 Å². The number of hydrogen-bond donors (Lipinski definition) is 0. The summed E-state index contributed by atoms with van der Waals surface area (Å²) in [5.41, 5.74) is 13.5. The maximum absolute atomic E-state index is 2.63. The highest BCUT2D eigenvalue weighted by Gasteiger charge is 2.44. The van der Waals surface area contributed by atoms with Crippen LogP contribution in [0.4, 0.5) is 34.1 Å². The van der Waals surface area contributed by atoms with Gasteiger partial charge in [0.25, 0.3) is 6.71 Å². The highest BCUT2D eigenvalue weighted by atomic mass is 28.3. The summed E-state index contributed by atoms with van der Waals surface area (Å²) in [6.07, 6.45) is 0. The normalized spacial score (nSPS) is 14.4. The summed E-state index contributed by atoms with van der Waals surface area (Å²) in [7, 11) is -6.12. The van der Waals surface area contributed by atoms with Gasteiger partial charge in [0.2, 0.25) is 0 Å². The summed E-state index contributed by atoms with van der Waals surface area (Å²) >= 11 is 0. The Morgan fingerprint density at radius 1 is 0.404 bits per heavy atom. The zero-order chi connectivity index (χ0) is 37.7. The van der Waals surface area contributed by atoms with E-state index in [0.717, 1.165) is 0 Å². The summed E-state index contributed by atoms with van der Waals surface area (Å²) in [5, 5.41) is 6.02.